The van der Waals surface area contributed by atoms with E-state index in [1.165, 1.54) is 12.3 Å². The van der Waals surface area contributed by atoms with Crippen LogP contribution in [0, 0.1) is 5.92 Å². The number of nitrogens with one attached hydrogen (secondary N) is 1. The number of nitrogens with zero attached hydrogens (tertiary/aromatic N) is 2. The third kappa shape index (κ3) is 3.99. The predicted octanol–water partition coefficient (Wildman–Crippen LogP) is 1.60. The third-order valence-electron chi connectivity index (χ3n) is 3.40. The number of carbonyl (C=O) groups excluding carboxylic acids is 1. The lowest BCUT2D eigenvalue weighted by atomic mass is 10.00. The van der Waals surface area contributed by atoms with E-state index in [9.17, 15) is 13.6 Å². The van der Waals surface area contributed by atoms with Crippen molar-refractivity contribution in [2.75, 3.05) is 5.32 Å². The maximum atomic E-state index is 12.1. The number of anilines is 1. The fraction of sp³-hybridized carbons (Fsp3) is 0.667. The summed E-state index contributed by atoms with van der Waals surface area (Å²) in [5.41, 5.74) is 5.90. The van der Waals surface area contributed by atoms with Gasteiger partial charge < -0.3 is 11.1 Å². The Morgan fingerprint density at radius 1 is 1.58 bits per heavy atom. The molecule has 0 aliphatic heterocycles. The summed E-state index contributed by atoms with van der Waals surface area (Å²) >= 11 is 0. The molecule has 1 saturated carbocycles. The molecule has 1 heterocycles. The molecular formula is C12H18F2N4O. The van der Waals surface area contributed by atoms with Crippen molar-refractivity contribution in [3.05, 3.63) is 12.3 Å². The highest BCUT2D eigenvalue weighted by molar-refractivity contribution is 5.89. The van der Waals surface area contributed by atoms with Gasteiger partial charge in [0.05, 0.1) is 0 Å². The SMILES string of the molecule is N[C@@H]1CCC[C@H]1CC(=O)Nc1ccn(CC(F)F)n1. The van der Waals surface area contributed by atoms with E-state index in [4.69, 9.17) is 5.73 Å². The molecule has 0 unspecified atom stereocenters. The summed E-state index contributed by atoms with van der Waals surface area (Å²) in [6, 6.07) is 1.59. The van der Waals surface area contributed by atoms with Gasteiger partial charge in [-0.25, -0.2) is 8.78 Å². The van der Waals surface area contributed by atoms with E-state index in [2.05, 4.69) is 10.4 Å². The predicted molar refractivity (Wildman–Crippen MR) is 66.8 cm³/mol. The molecule has 19 heavy (non-hydrogen) atoms. The van der Waals surface area contributed by atoms with Crippen LogP contribution in [0.15, 0.2) is 12.3 Å². The molecule has 5 nitrogen and oxygen atoms in total. The van der Waals surface area contributed by atoms with Crippen LogP contribution < -0.4 is 11.1 Å². The van der Waals surface area contributed by atoms with Gasteiger partial charge in [-0.05, 0) is 18.8 Å². The molecule has 2 atom stereocenters. The van der Waals surface area contributed by atoms with Gasteiger partial charge in [0.2, 0.25) is 5.91 Å². The standard InChI is InChI=1S/C12H18F2N4O/c13-10(14)7-18-5-4-11(17-18)16-12(19)6-8-2-1-3-9(8)15/h4-5,8-10H,1-3,6-7,15H2,(H,16,17,19)/t8-,9+/m0/s1. The summed E-state index contributed by atoms with van der Waals surface area (Å²) in [7, 11) is 0. The fourth-order valence-electron chi connectivity index (χ4n) is 2.42. The Morgan fingerprint density at radius 3 is 3.00 bits per heavy atom. The van der Waals surface area contributed by atoms with Crippen LogP contribution in [0.5, 0.6) is 0 Å². The first kappa shape index (κ1) is 13.9. The lowest BCUT2D eigenvalue weighted by Gasteiger charge is -2.13. The van der Waals surface area contributed by atoms with Crippen LogP contribution in [0.4, 0.5) is 14.6 Å². The van der Waals surface area contributed by atoms with Crippen molar-refractivity contribution in [3.8, 4) is 0 Å². The number of hydrogen-bond acceptors (Lipinski definition) is 3. The molecule has 1 aromatic rings. The summed E-state index contributed by atoms with van der Waals surface area (Å²) in [5, 5.41) is 6.47. The van der Waals surface area contributed by atoms with Crippen LogP contribution in [0.1, 0.15) is 25.7 Å². The zero-order chi connectivity index (χ0) is 13.8. The zero-order valence-corrected chi connectivity index (χ0v) is 10.6. The van der Waals surface area contributed by atoms with Crippen molar-refractivity contribution in [2.45, 2.75) is 44.7 Å². The molecule has 0 bridgehead atoms. The van der Waals surface area contributed by atoms with Crippen molar-refractivity contribution in [2.24, 2.45) is 11.7 Å². The van der Waals surface area contributed by atoms with Crippen LogP contribution in [0.2, 0.25) is 0 Å². The van der Waals surface area contributed by atoms with Gasteiger partial charge in [-0.15, -0.1) is 0 Å². The minimum Gasteiger partial charge on any atom is -0.327 e. The monoisotopic (exact) mass is 272 g/mol. The molecule has 0 spiro atoms. The largest absolute Gasteiger partial charge is 0.327 e. The van der Waals surface area contributed by atoms with Gasteiger partial charge in [0, 0.05) is 24.7 Å². The average molecular weight is 272 g/mol. The molecule has 7 heteroatoms. The van der Waals surface area contributed by atoms with Gasteiger partial charge in [0.25, 0.3) is 6.43 Å². The molecule has 106 valence electrons. The molecule has 0 aromatic carbocycles. The highest BCUT2D eigenvalue weighted by Crippen LogP contribution is 2.27. The maximum absolute atomic E-state index is 12.1. The highest BCUT2D eigenvalue weighted by Gasteiger charge is 2.26. The van der Waals surface area contributed by atoms with E-state index in [1.807, 2.05) is 0 Å². The molecule has 0 radical (unpaired) electrons. The normalized spacial score (nSPS) is 22.9. The van der Waals surface area contributed by atoms with E-state index in [0.29, 0.717) is 12.2 Å². The summed E-state index contributed by atoms with van der Waals surface area (Å²) in [5.74, 6) is 0.352. The number of amides is 1. The molecule has 1 aliphatic rings. The molecule has 2 rings (SSSR count). The van der Waals surface area contributed by atoms with E-state index in [0.717, 1.165) is 23.9 Å². The Kier molecular flexibility index (Phi) is 4.47. The average Bonchev–Trinajstić information content (AvgIpc) is 2.89. The third-order valence-corrected chi connectivity index (χ3v) is 3.40. The van der Waals surface area contributed by atoms with E-state index in [-0.39, 0.29) is 17.9 Å². The molecule has 1 amide bonds. The lowest BCUT2D eigenvalue weighted by Crippen LogP contribution is -2.28. The van der Waals surface area contributed by atoms with Crippen molar-refractivity contribution >= 4 is 11.7 Å². The minimum absolute atomic E-state index is 0.0853. The first-order chi connectivity index (χ1) is 9.04. The van der Waals surface area contributed by atoms with Crippen molar-refractivity contribution in [1.82, 2.24) is 9.78 Å². The Hall–Kier alpha value is -1.50. The van der Waals surface area contributed by atoms with Crippen LogP contribution in [-0.4, -0.2) is 28.2 Å². The number of carbonyl (C=O) groups is 1. The van der Waals surface area contributed by atoms with Gasteiger partial charge in [-0.1, -0.05) is 6.42 Å². The Bertz CT molecular complexity index is 435. The highest BCUT2D eigenvalue weighted by atomic mass is 19.3. The maximum Gasteiger partial charge on any atom is 0.257 e. The van der Waals surface area contributed by atoms with Gasteiger partial charge in [0.15, 0.2) is 5.82 Å². The lowest BCUT2D eigenvalue weighted by molar-refractivity contribution is -0.117. The van der Waals surface area contributed by atoms with Gasteiger partial charge in [0.1, 0.15) is 6.54 Å². The summed E-state index contributed by atoms with van der Waals surface area (Å²) < 4.78 is 25.4. The first-order valence-electron chi connectivity index (χ1n) is 6.41. The Balaban J connectivity index is 1.83. The number of aromatic nitrogens is 2. The summed E-state index contributed by atoms with van der Waals surface area (Å²) in [6.45, 7) is -0.469. The molecule has 0 saturated heterocycles. The first-order valence-corrected chi connectivity index (χ1v) is 6.41. The zero-order valence-electron chi connectivity index (χ0n) is 10.6. The molecule has 1 aliphatic carbocycles. The van der Waals surface area contributed by atoms with E-state index < -0.39 is 13.0 Å². The topological polar surface area (TPSA) is 72.9 Å². The second-order valence-electron chi connectivity index (χ2n) is 4.92. The smallest absolute Gasteiger partial charge is 0.257 e. The van der Waals surface area contributed by atoms with Gasteiger partial charge >= 0.3 is 0 Å². The van der Waals surface area contributed by atoms with E-state index >= 15 is 0 Å². The second-order valence-corrected chi connectivity index (χ2v) is 4.92. The molecule has 1 fully saturated rings. The molecule has 3 N–H and O–H groups in total. The summed E-state index contributed by atoms with van der Waals surface area (Å²) in [4.78, 5) is 11.8. The number of rotatable bonds is 5. The van der Waals surface area contributed by atoms with Crippen molar-refractivity contribution < 1.29 is 13.6 Å². The van der Waals surface area contributed by atoms with Gasteiger partial charge in [-0.2, -0.15) is 5.10 Å². The quantitative estimate of drug-likeness (QED) is 0.855. The van der Waals surface area contributed by atoms with Gasteiger partial charge in [-0.3, -0.25) is 9.48 Å². The number of nitrogens with two attached hydrogens (primary N) is 1. The molecule has 1 aromatic heterocycles. The Labute approximate surface area is 110 Å². The van der Waals surface area contributed by atoms with Crippen molar-refractivity contribution in [1.29, 1.82) is 0 Å². The fourth-order valence-corrected chi connectivity index (χ4v) is 2.42. The Morgan fingerprint density at radius 2 is 2.37 bits per heavy atom. The molecular weight excluding hydrogens is 254 g/mol. The van der Waals surface area contributed by atoms with E-state index in [1.54, 1.807) is 0 Å². The van der Waals surface area contributed by atoms with Crippen LogP contribution in [-0.2, 0) is 11.3 Å². The number of hydrogen-bond donors (Lipinski definition) is 2. The van der Waals surface area contributed by atoms with Crippen LogP contribution in [0.3, 0.4) is 0 Å². The van der Waals surface area contributed by atoms with Crippen molar-refractivity contribution in [3.63, 3.8) is 0 Å². The summed E-state index contributed by atoms with van der Waals surface area (Å²) in [6.07, 6.45) is 2.31. The number of alkyl halides is 2. The van der Waals surface area contributed by atoms with Crippen LogP contribution in [0.25, 0.3) is 0 Å². The number of halogens is 2. The van der Waals surface area contributed by atoms with Crippen LogP contribution >= 0.6 is 0 Å². The minimum atomic E-state index is -2.46. The second kappa shape index (κ2) is 6.10.